The third-order valence-electron chi connectivity index (χ3n) is 5.56. The van der Waals surface area contributed by atoms with E-state index in [1.54, 1.807) is 0 Å². The smallest absolute Gasteiger partial charge is 0.410 e. The van der Waals surface area contributed by atoms with Crippen LogP contribution in [0.3, 0.4) is 0 Å². The molecule has 0 aliphatic carbocycles. The fraction of sp³-hybridized carbons (Fsp3) is 0.900. The zero-order valence-electron chi connectivity index (χ0n) is 16.4. The Morgan fingerprint density at radius 3 is 2.23 bits per heavy atom. The van der Waals surface area contributed by atoms with Gasteiger partial charge in [0.25, 0.3) is 0 Å². The molecule has 2 bridgehead atoms. The number of hydrogen-bond acceptors (Lipinski definition) is 5. The number of fused-ring (bicyclic) bond motifs is 2. The molecule has 6 heteroatoms. The first-order chi connectivity index (χ1) is 12.3. The molecule has 0 aromatic heterocycles. The molecule has 6 nitrogen and oxygen atoms in total. The Morgan fingerprint density at radius 2 is 1.65 bits per heavy atom. The van der Waals surface area contributed by atoms with Crippen LogP contribution in [0.2, 0.25) is 0 Å². The third-order valence-corrected chi connectivity index (χ3v) is 5.56. The number of nitrogens with zero attached hydrogens (tertiary/aromatic N) is 1. The predicted molar refractivity (Wildman–Crippen MR) is 96.8 cm³/mol. The molecule has 0 saturated carbocycles. The molecule has 3 aliphatic rings. The van der Waals surface area contributed by atoms with Gasteiger partial charge in [-0.1, -0.05) is 0 Å². The number of rotatable bonds is 4. The quantitative estimate of drug-likeness (QED) is 0.758. The minimum absolute atomic E-state index is 0.0487. The van der Waals surface area contributed by atoms with Crippen molar-refractivity contribution in [1.82, 2.24) is 4.90 Å². The highest BCUT2D eigenvalue weighted by molar-refractivity contribution is 5.81. The Kier molecular flexibility index (Phi) is 6.23. The van der Waals surface area contributed by atoms with E-state index < -0.39 is 5.60 Å². The van der Waals surface area contributed by atoms with E-state index in [2.05, 4.69) is 0 Å². The second-order valence-electron chi connectivity index (χ2n) is 8.82. The van der Waals surface area contributed by atoms with Gasteiger partial charge in [-0.3, -0.25) is 4.79 Å². The van der Waals surface area contributed by atoms with Gasteiger partial charge in [0.2, 0.25) is 0 Å². The lowest BCUT2D eigenvalue weighted by atomic mass is 9.76. The lowest BCUT2D eigenvalue weighted by molar-refractivity contribution is -0.182. The number of Topliss-reactive ketones (excluding diaryl/α,β-unsaturated/α-hetero) is 1. The Bertz CT molecular complexity index is 495. The van der Waals surface area contributed by atoms with Crippen molar-refractivity contribution in [3.05, 3.63) is 0 Å². The van der Waals surface area contributed by atoms with Crippen molar-refractivity contribution in [3.63, 3.8) is 0 Å². The lowest BCUT2D eigenvalue weighted by Crippen LogP contribution is -2.56. The highest BCUT2D eigenvalue weighted by Gasteiger charge is 2.44. The molecule has 0 spiro atoms. The van der Waals surface area contributed by atoms with E-state index in [1.807, 2.05) is 25.7 Å². The first-order valence-electron chi connectivity index (χ1n) is 10.1. The van der Waals surface area contributed by atoms with Crippen molar-refractivity contribution in [2.75, 3.05) is 13.2 Å². The highest BCUT2D eigenvalue weighted by atomic mass is 16.7. The Balaban J connectivity index is 1.55. The number of ether oxygens (including phenoxy) is 3. The molecular formula is C20H33NO5. The van der Waals surface area contributed by atoms with Gasteiger partial charge in [0.1, 0.15) is 11.4 Å². The summed E-state index contributed by atoms with van der Waals surface area (Å²) in [4.78, 5) is 27.3. The normalized spacial score (nSPS) is 30.1. The second kappa shape index (κ2) is 8.26. The number of amides is 1. The second-order valence-corrected chi connectivity index (χ2v) is 8.82. The van der Waals surface area contributed by atoms with E-state index >= 15 is 0 Å². The standard InChI is InChI=1S/C20H33NO5/c1-20(2,3)26-19(23)21-15-6-4-7-16(21)13-14(12-15)17(22)8-9-18-24-10-5-11-25-18/h14-16,18H,4-13H2,1-3H3. The van der Waals surface area contributed by atoms with Crippen LogP contribution in [0.15, 0.2) is 0 Å². The van der Waals surface area contributed by atoms with Gasteiger partial charge in [-0.25, -0.2) is 4.79 Å². The molecule has 0 N–H and O–H groups in total. The molecule has 2 atom stereocenters. The lowest BCUT2D eigenvalue weighted by Gasteiger charge is -2.48. The van der Waals surface area contributed by atoms with Gasteiger partial charge in [-0.15, -0.1) is 0 Å². The average molecular weight is 367 g/mol. The highest BCUT2D eigenvalue weighted by Crippen LogP contribution is 2.38. The third kappa shape index (κ3) is 4.97. The zero-order chi connectivity index (χ0) is 18.7. The molecule has 3 heterocycles. The summed E-state index contributed by atoms with van der Waals surface area (Å²) in [5.41, 5.74) is -0.488. The van der Waals surface area contributed by atoms with Gasteiger partial charge in [-0.2, -0.15) is 0 Å². The molecule has 1 amide bonds. The van der Waals surface area contributed by atoms with Gasteiger partial charge in [0.05, 0.1) is 13.2 Å². The van der Waals surface area contributed by atoms with Gasteiger partial charge in [-0.05, 0) is 59.3 Å². The number of hydrogen-bond donors (Lipinski definition) is 0. The maximum Gasteiger partial charge on any atom is 0.410 e. The average Bonchev–Trinajstić information content (AvgIpc) is 2.58. The summed E-state index contributed by atoms with van der Waals surface area (Å²) in [6.07, 6.45) is 6.21. The van der Waals surface area contributed by atoms with Crippen LogP contribution < -0.4 is 0 Å². The molecule has 3 rings (SSSR count). The van der Waals surface area contributed by atoms with Gasteiger partial charge in [0.15, 0.2) is 6.29 Å². The molecule has 3 saturated heterocycles. The van der Waals surface area contributed by atoms with Crippen LogP contribution in [-0.2, 0) is 19.0 Å². The van der Waals surface area contributed by atoms with Crippen LogP contribution in [0.5, 0.6) is 0 Å². The van der Waals surface area contributed by atoms with Crippen LogP contribution in [0.1, 0.15) is 72.1 Å². The van der Waals surface area contributed by atoms with Gasteiger partial charge >= 0.3 is 6.09 Å². The molecular weight excluding hydrogens is 334 g/mol. The maximum absolute atomic E-state index is 12.7. The molecule has 3 aliphatic heterocycles. The Labute approximate surface area is 156 Å². The van der Waals surface area contributed by atoms with Crippen molar-refractivity contribution < 1.29 is 23.8 Å². The van der Waals surface area contributed by atoms with Crippen LogP contribution in [-0.4, -0.2) is 54.0 Å². The number of carbonyl (C=O) groups is 2. The van der Waals surface area contributed by atoms with Crippen LogP contribution in [0, 0.1) is 5.92 Å². The molecule has 0 aromatic rings. The van der Waals surface area contributed by atoms with Crippen molar-refractivity contribution in [3.8, 4) is 0 Å². The molecule has 0 aromatic carbocycles. The van der Waals surface area contributed by atoms with Crippen molar-refractivity contribution in [2.45, 2.75) is 96.1 Å². The topological polar surface area (TPSA) is 65.1 Å². The molecule has 2 unspecified atom stereocenters. The first kappa shape index (κ1) is 19.6. The number of ketones is 1. The first-order valence-corrected chi connectivity index (χ1v) is 10.1. The summed E-state index contributed by atoms with van der Waals surface area (Å²) in [6.45, 7) is 7.12. The van der Waals surface area contributed by atoms with Crippen LogP contribution in [0.25, 0.3) is 0 Å². The minimum Gasteiger partial charge on any atom is -0.444 e. The summed E-state index contributed by atoms with van der Waals surface area (Å²) in [5.74, 6) is 0.344. The van der Waals surface area contributed by atoms with Gasteiger partial charge < -0.3 is 19.1 Å². The largest absolute Gasteiger partial charge is 0.444 e. The van der Waals surface area contributed by atoms with Crippen LogP contribution >= 0.6 is 0 Å². The van der Waals surface area contributed by atoms with E-state index in [0.29, 0.717) is 18.6 Å². The van der Waals surface area contributed by atoms with Crippen molar-refractivity contribution in [1.29, 1.82) is 0 Å². The summed E-state index contributed by atoms with van der Waals surface area (Å²) in [7, 11) is 0. The van der Waals surface area contributed by atoms with Crippen LogP contribution in [0.4, 0.5) is 4.79 Å². The molecule has 0 radical (unpaired) electrons. The maximum atomic E-state index is 12.7. The molecule has 26 heavy (non-hydrogen) atoms. The SMILES string of the molecule is CC(C)(C)OC(=O)N1C2CCCC1CC(C(=O)CCC1OCCCO1)C2. The predicted octanol–water partition coefficient (Wildman–Crippen LogP) is 3.67. The van der Waals surface area contributed by atoms with E-state index in [0.717, 1.165) is 51.7 Å². The van der Waals surface area contributed by atoms with E-state index in [4.69, 9.17) is 14.2 Å². The summed E-state index contributed by atoms with van der Waals surface area (Å²) in [6, 6.07) is 0.266. The fourth-order valence-corrected chi connectivity index (χ4v) is 4.42. The van der Waals surface area contributed by atoms with Crippen molar-refractivity contribution in [2.24, 2.45) is 5.92 Å². The Hall–Kier alpha value is -1.14. The molecule has 3 fully saturated rings. The van der Waals surface area contributed by atoms with Crippen molar-refractivity contribution >= 4 is 11.9 Å². The number of carbonyl (C=O) groups excluding carboxylic acids is 2. The van der Waals surface area contributed by atoms with E-state index in [9.17, 15) is 9.59 Å². The fourth-order valence-electron chi connectivity index (χ4n) is 4.42. The zero-order valence-corrected chi connectivity index (χ0v) is 16.4. The minimum atomic E-state index is -0.488. The summed E-state index contributed by atoms with van der Waals surface area (Å²) in [5, 5.41) is 0. The summed E-state index contributed by atoms with van der Waals surface area (Å²) < 4.78 is 16.7. The summed E-state index contributed by atoms with van der Waals surface area (Å²) >= 11 is 0. The molecule has 148 valence electrons. The van der Waals surface area contributed by atoms with Gasteiger partial charge in [0, 0.05) is 30.8 Å². The number of piperidine rings is 2. The van der Waals surface area contributed by atoms with E-state index in [1.165, 1.54) is 0 Å². The Morgan fingerprint density at radius 1 is 1.04 bits per heavy atom. The van der Waals surface area contributed by atoms with E-state index in [-0.39, 0.29) is 30.4 Å². The monoisotopic (exact) mass is 367 g/mol.